The molecule has 0 heterocycles. The van der Waals surface area contributed by atoms with Gasteiger partial charge in [-0.3, -0.25) is 9.52 Å². The second kappa shape index (κ2) is 8.57. The Bertz CT molecular complexity index is 914. The summed E-state index contributed by atoms with van der Waals surface area (Å²) >= 11 is 0. The fourth-order valence-corrected chi connectivity index (χ4v) is 4.16. The van der Waals surface area contributed by atoms with Crippen LogP contribution in [0.5, 0.6) is 0 Å². The molecule has 2 N–H and O–H groups in total. The zero-order valence-electron chi connectivity index (χ0n) is 16.6. The molecule has 0 spiro atoms. The molecule has 6 heteroatoms. The van der Waals surface area contributed by atoms with Crippen molar-refractivity contribution < 1.29 is 13.2 Å². The summed E-state index contributed by atoms with van der Waals surface area (Å²) in [7, 11) is -3.80. The summed E-state index contributed by atoms with van der Waals surface area (Å²) in [5, 5.41) is 2.84. The van der Waals surface area contributed by atoms with Gasteiger partial charge in [0.1, 0.15) is 0 Å². The maximum atomic E-state index is 12.9. The van der Waals surface area contributed by atoms with Crippen molar-refractivity contribution in [3.8, 4) is 0 Å². The maximum Gasteiger partial charge on any atom is 0.262 e. The summed E-state index contributed by atoms with van der Waals surface area (Å²) in [4.78, 5) is 12.4. The highest BCUT2D eigenvalue weighted by Gasteiger charge is 2.19. The molecule has 0 unspecified atom stereocenters. The highest BCUT2D eigenvalue weighted by atomic mass is 32.2. The largest absolute Gasteiger partial charge is 0.352 e. The molecule has 2 rings (SSSR count). The van der Waals surface area contributed by atoms with Gasteiger partial charge in [-0.1, -0.05) is 26.0 Å². The SMILES string of the molecule is Cc1cc(C)cc(NS(=O)(=O)c2cc(C(=O)NCCC(C)C)ccc2C)c1. The van der Waals surface area contributed by atoms with Crippen LogP contribution in [0.1, 0.15) is 47.3 Å². The summed E-state index contributed by atoms with van der Waals surface area (Å²) in [5.74, 6) is 0.222. The second-order valence-electron chi connectivity index (χ2n) is 7.40. The third-order valence-corrected chi connectivity index (χ3v) is 5.74. The van der Waals surface area contributed by atoms with Crippen LogP contribution in [-0.4, -0.2) is 20.9 Å². The number of rotatable bonds is 7. The van der Waals surface area contributed by atoms with Crippen molar-refractivity contribution >= 4 is 21.6 Å². The first-order valence-corrected chi connectivity index (χ1v) is 10.6. The minimum Gasteiger partial charge on any atom is -0.352 e. The first-order valence-electron chi connectivity index (χ1n) is 9.08. The van der Waals surface area contributed by atoms with E-state index in [1.54, 1.807) is 31.2 Å². The third-order valence-electron chi connectivity index (χ3n) is 4.22. The van der Waals surface area contributed by atoms with Crippen molar-refractivity contribution in [2.45, 2.75) is 45.9 Å². The number of hydrogen-bond acceptors (Lipinski definition) is 3. The predicted octanol–water partition coefficient (Wildman–Crippen LogP) is 4.19. The molecule has 0 aromatic heterocycles. The average molecular weight is 389 g/mol. The Labute approximate surface area is 162 Å². The van der Waals surface area contributed by atoms with E-state index < -0.39 is 10.0 Å². The lowest BCUT2D eigenvalue weighted by Gasteiger charge is -2.13. The molecule has 0 bridgehead atoms. The number of aryl methyl sites for hydroxylation is 3. The van der Waals surface area contributed by atoms with Crippen molar-refractivity contribution in [3.63, 3.8) is 0 Å². The zero-order chi connectivity index (χ0) is 20.2. The molecule has 27 heavy (non-hydrogen) atoms. The predicted molar refractivity (Wildman–Crippen MR) is 110 cm³/mol. The van der Waals surface area contributed by atoms with Crippen molar-refractivity contribution in [1.29, 1.82) is 0 Å². The first-order chi connectivity index (χ1) is 12.6. The minimum absolute atomic E-state index is 0.109. The van der Waals surface area contributed by atoms with Gasteiger partial charge >= 0.3 is 0 Å². The summed E-state index contributed by atoms with van der Waals surface area (Å²) in [5.41, 5.74) is 3.39. The molecule has 0 aliphatic heterocycles. The van der Waals surface area contributed by atoms with Crippen LogP contribution in [0, 0.1) is 26.7 Å². The molecule has 1 amide bonds. The summed E-state index contributed by atoms with van der Waals surface area (Å²) in [6.45, 7) is 10.3. The van der Waals surface area contributed by atoms with Gasteiger partial charge in [0.05, 0.1) is 4.90 Å². The molecule has 0 aliphatic carbocycles. The lowest BCUT2D eigenvalue weighted by Crippen LogP contribution is -2.26. The molecule has 0 aliphatic rings. The van der Waals surface area contributed by atoms with Crippen LogP contribution in [0.15, 0.2) is 41.3 Å². The lowest BCUT2D eigenvalue weighted by molar-refractivity contribution is 0.0952. The normalized spacial score (nSPS) is 11.5. The van der Waals surface area contributed by atoms with Crippen LogP contribution in [0.25, 0.3) is 0 Å². The van der Waals surface area contributed by atoms with Crippen LogP contribution in [0.4, 0.5) is 5.69 Å². The average Bonchev–Trinajstić information content (AvgIpc) is 2.53. The Hall–Kier alpha value is -2.34. The van der Waals surface area contributed by atoms with E-state index >= 15 is 0 Å². The van der Waals surface area contributed by atoms with Gasteiger partial charge in [-0.05, 0) is 74.1 Å². The van der Waals surface area contributed by atoms with E-state index in [0.29, 0.717) is 29.3 Å². The Kier molecular flexibility index (Phi) is 6.65. The number of amides is 1. The van der Waals surface area contributed by atoms with E-state index in [1.807, 2.05) is 19.9 Å². The van der Waals surface area contributed by atoms with E-state index in [0.717, 1.165) is 17.5 Å². The highest BCUT2D eigenvalue weighted by Crippen LogP contribution is 2.22. The molecular weight excluding hydrogens is 360 g/mol. The fraction of sp³-hybridized carbons (Fsp3) is 0.381. The molecule has 0 saturated carbocycles. The molecule has 2 aromatic rings. The van der Waals surface area contributed by atoms with E-state index in [9.17, 15) is 13.2 Å². The fourth-order valence-electron chi connectivity index (χ4n) is 2.85. The van der Waals surface area contributed by atoms with Gasteiger partial charge in [-0.25, -0.2) is 8.42 Å². The lowest BCUT2D eigenvalue weighted by atomic mass is 10.1. The van der Waals surface area contributed by atoms with E-state index in [2.05, 4.69) is 23.9 Å². The number of benzene rings is 2. The molecule has 5 nitrogen and oxygen atoms in total. The van der Waals surface area contributed by atoms with Gasteiger partial charge in [0.15, 0.2) is 0 Å². The Morgan fingerprint density at radius 2 is 1.63 bits per heavy atom. The minimum atomic E-state index is -3.80. The summed E-state index contributed by atoms with van der Waals surface area (Å²) < 4.78 is 28.4. The molecule has 0 saturated heterocycles. The molecule has 0 radical (unpaired) electrons. The third kappa shape index (κ3) is 5.82. The number of carbonyl (C=O) groups is 1. The maximum absolute atomic E-state index is 12.9. The van der Waals surface area contributed by atoms with Crippen molar-refractivity contribution in [1.82, 2.24) is 5.32 Å². The van der Waals surface area contributed by atoms with Gasteiger partial charge < -0.3 is 5.32 Å². The molecule has 0 atom stereocenters. The van der Waals surface area contributed by atoms with Gasteiger partial charge in [0, 0.05) is 17.8 Å². The monoisotopic (exact) mass is 388 g/mol. The standard InChI is InChI=1S/C21H28N2O3S/c1-14(2)8-9-22-21(24)18-7-6-17(5)20(13-18)27(25,26)23-19-11-15(3)10-16(4)12-19/h6-7,10-14,23H,8-9H2,1-5H3,(H,22,24). The number of anilines is 1. The van der Waals surface area contributed by atoms with E-state index in [1.165, 1.54) is 6.07 Å². The quantitative estimate of drug-likeness (QED) is 0.747. The molecule has 146 valence electrons. The number of sulfonamides is 1. The molecular formula is C21H28N2O3S. The van der Waals surface area contributed by atoms with Gasteiger partial charge in [0.25, 0.3) is 15.9 Å². The molecule has 2 aromatic carbocycles. The van der Waals surface area contributed by atoms with Crippen LogP contribution in [-0.2, 0) is 10.0 Å². The smallest absolute Gasteiger partial charge is 0.262 e. The van der Waals surface area contributed by atoms with Crippen molar-refractivity contribution in [2.75, 3.05) is 11.3 Å². The van der Waals surface area contributed by atoms with Crippen LogP contribution < -0.4 is 10.0 Å². The van der Waals surface area contributed by atoms with Gasteiger partial charge in [-0.15, -0.1) is 0 Å². The topological polar surface area (TPSA) is 75.3 Å². The van der Waals surface area contributed by atoms with Crippen LogP contribution in [0.3, 0.4) is 0 Å². The number of carbonyl (C=O) groups excluding carboxylic acids is 1. The Morgan fingerprint density at radius 1 is 1.00 bits per heavy atom. The van der Waals surface area contributed by atoms with Crippen LogP contribution >= 0.6 is 0 Å². The van der Waals surface area contributed by atoms with Crippen LogP contribution in [0.2, 0.25) is 0 Å². The Balaban J connectivity index is 2.26. The van der Waals surface area contributed by atoms with Crippen molar-refractivity contribution in [2.24, 2.45) is 5.92 Å². The summed E-state index contributed by atoms with van der Waals surface area (Å²) in [6.07, 6.45) is 0.872. The van der Waals surface area contributed by atoms with Crippen molar-refractivity contribution in [3.05, 3.63) is 58.7 Å². The molecule has 0 fully saturated rings. The zero-order valence-corrected chi connectivity index (χ0v) is 17.4. The van der Waals surface area contributed by atoms with E-state index in [4.69, 9.17) is 0 Å². The number of nitrogens with one attached hydrogen (secondary N) is 2. The van der Waals surface area contributed by atoms with Gasteiger partial charge in [0.2, 0.25) is 0 Å². The van der Waals surface area contributed by atoms with E-state index in [-0.39, 0.29) is 10.8 Å². The first kappa shape index (κ1) is 21.0. The summed E-state index contributed by atoms with van der Waals surface area (Å²) in [6, 6.07) is 10.3. The second-order valence-corrected chi connectivity index (χ2v) is 9.05. The highest BCUT2D eigenvalue weighted by molar-refractivity contribution is 7.92. The Morgan fingerprint density at radius 3 is 2.22 bits per heavy atom. The van der Waals surface area contributed by atoms with Gasteiger partial charge in [-0.2, -0.15) is 0 Å². The number of hydrogen-bond donors (Lipinski definition) is 2.